The molecule has 7 heteroatoms. The van der Waals surface area contributed by atoms with Crippen LogP contribution in [0.2, 0.25) is 0 Å². The molecule has 1 aromatic heterocycles. The van der Waals surface area contributed by atoms with E-state index in [1.54, 1.807) is 24.3 Å². The van der Waals surface area contributed by atoms with Gasteiger partial charge in [0.2, 0.25) is 0 Å². The van der Waals surface area contributed by atoms with Gasteiger partial charge in [-0.15, -0.1) is 0 Å². The summed E-state index contributed by atoms with van der Waals surface area (Å²) in [5.41, 5.74) is 0.172. The first-order valence-electron chi connectivity index (χ1n) is 6.22. The number of fused-ring (bicyclic) bond motifs is 1. The van der Waals surface area contributed by atoms with E-state index in [9.17, 15) is 15.0 Å². The van der Waals surface area contributed by atoms with Gasteiger partial charge in [-0.25, -0.2) is 4.98 Å². The quantitative estimate of drug-likeness (QED) is 0.651. The molecule has 2 heterocycles. The number of hydrogen-bond donors (Lipinski definition) is 3. The second-order valence-electron chi connectivity index (χ2n) is 4.70. The molecule has 1 aliphatic heterocycles. The molecule has 20 heavy (non-hydrogen) atoms. The Hall–Kier alpha value is -1.80. The van der Waals surface area contributed by atoms with Gasteiger partial charge in [-0.1, -0.05) is 12.1 Å². The fraction of sp³-hybridized carbons (Fsp3) is 0.385. The third-order valence-corrected chi connectivity index (χ3v) is 3.48. The highest BCUT2D eigenvalue weighted by atomic mass is 16.6. The maximum Gasteiger partial charge on any atom is 0.263 e. The van der Waals surface area contributed by atoms with E-state index in [0.29, 0.717) is 10.9 Å². The van der Waals surface area contributed by atoms with Crippen LogP contribution in [0.15, 0.2) is 35.4 Å². The lowest BCUT2D eigenvalue weighted by atomic mass is 10.1. The summed E-state index contributed by atoms with van der Waals surface area (Å²) in [5, 5.41) is 29.1. The summed E-state index contributed by atoms with van der Waals surface area (Å²) in [6, 6.07) is 6.82. The molecular weight excluding hydrogens is 264 g/mol. The maximum atomic E-state index is 12.4. The van der Waals surface area contributed by atoms with Crippen LogP contribution in [0.3, 0.4) is 0 Å². The van der Waals surface area contributed by atoms with Crippen molar-refractivity contribution in [2.24, 2.45) is 0 Å². The van der Waals surface area contributed by atoms with Gasteiger partial charge in [-0.05, 0) is 12.1 Å². The van der Waals surface area contributed by atoms with Gasteiger partial charge >= 0.3 is 0 Å². The average Bonchev–Trinajstić information content (AvgIpc) is 2.76. The van der Waals surface area contributed by atoms with E-state index in [-0.39, 0.29) is 5.56 Å². The standard InChI is InChI=1S/C13H14N2O5/c16-5-9-10(17)11(18)13(20-9)15-6-14-8-4-2-1-3-7(8)12(15)19/h1-4,6,9-11,13,16-18H,5H2/t9-,10-,11-,13-/m1/s1. The van der Waals surface area contributed by atoms with Crippen molar-refractivity contribution >= 4 is 10.9 Å². The molecule has 1 fully saturated rings. The van der Waals surface area contributed by atoms with Crippen LogP contribution in [0, 0.1) is 0 Å². The molecule has 0 spiro atoms. The molecule has 3 N–H and O–H groups in total. The monoisotopic (exact) mass is 278 g/mol. The van der Waals surface area contributed by atoms with Crippen LogP contribution in [-0.4, -0.2) is 49.8 Å². The first-order chi connectivity index (χ1) is 9.63. The van der Waals surface area contributed by atoms with Crippen LogP contribution >= 0.6 is 0 Å². The molecule has 0 amide bonds. The van der Waals surface area contributed by atoms with Crippen molar-refractivity contribution in [3.8, 4) is 0 Å². The number of para-hydroxylation sites is 1. The summed E-state index contributed by atoms with van der Waals surface area (Å²) in [6.45, 7) is -0.440. The van der Waals surface area contributed by atoms with Crippen molar-refractivity contribution in [3.05, 3.63) is 40.9 Å². The molecule has 0 saturated carbocycles. The van der Waals surface area contributed by atoms with Gasteiger partial charge in [0.15, 0.2) is 6.23 Å². The predicted molar refractivity (Wildman–Crippen MR) is 69.0 cm³/mol. The van der Waals surface area contributed by atoms with Crippen molar-refractivity contribution in [1.29, 1.82) is 0 Å². The normalized spacial score (nSPS) is 29.9. The highest BCUT2D eigenvalue weighted by Crippen LogP contribution is 2.28. The van der Waals surface area contributed by atoms with Crippen molar-refractivity contribution in [1.82, 2.24) is 9.55 Å². The first kappa shape index (κ1) is 13.2. The molecule has 2 aromatic rings. The molecule has 1 aromatic carbocycles. The Morgan fingerprint density at radius 2 is 2.00 bits per heavy atom. The summed E-state index contributed by atoms with van der Waals surface area (Å²) in [6.07, 6.45) is -3.26. The molecule has 3 rings (SSSR count). The minimum absolute atomic E-state index is 0.370. The van der Waals surface area contributed by atoms with Gasteiger partial charge in [0.1, 0.15) is 24.6 Å². The maximum absolute atomic E-state index is 12.4. The van der Waals surface area contributed by atoms with E-state index in [2.05, 4.69) is 4.98 Å². The molecule has 0 unspecified atom stereocenters. The Kier molecular flexibility index (Phi) is 3.27. The zero-order chi connectivity index (χ0) is 14.3. The van der Waals surface area contributed by atoms with E-state index in [0.717, 1.165) is 4.57 Å². The Morgan fingerprint density at radius 1 is 1.25 bits per heavy atom. The van der Waals surface area contributed by atoms with Gasteiger partial charge in [0.05, 0.1) is 17.5 Å². The number of hydrogen-bond acceptors (Lipinski definition) is 6. The van der Waals surface area contributed by atoms with Crippen LogP contribution < -0.4 is 5.56 Å². The number of aliphatic hydroxyl groups is 3. The van der Waals surface area contributed by atoms with E-state index in [1.165, 1.54) is 6.33 Å². The number of rotatable bonds is 2. The zero-order valence-electron chi connectivity index (χ0n) is 10.5. The van der Waals surface area contributed by atoms with Gasteiger partial charge in [0, 0.05) is 0 Å². The molecule has 0 aliphatic carbocycles. The molecule has 1 saturated heterocycles. The lowest BCUT2D eigenvalue weighted by molar-refractivity contribution is -0.0545. The SMILES string of the molecule is O=c1c2ccccc2ncn1[C@@H]1O[C@H](CO)[C@@H](O)[C@H]1O. The summed E-state index contributed by atoms with van der Waals surface area (Å²) < 4.78 is 6.45. The lowest BCUT2D eigenvalue weighted by Gasteiger charge is -2.17. The number of nitrogens with zero attached hydrogens (tertiary/aromatic N) is 2. The minimum Gasteiger partial charge on any atom is -0.394 e. The Bertz CT molecular complexity index is 686. The van der Waals surface area contributed by atoms with Crippen LogP contribution in [-0.2, 0) is 4.74 Å². The van der Waals surface area contributed by atoms with Gasteiger partial charge in [-0.2, -0.15) is 0 Å². The van der Waals surface area contributed by atoms with E-state index >= 15 is 0 Å². The summed E-state index contributed by atoms with van der Waals surface area (Å²) >= 11 is 0. The predicted octanol–water partition coefficient (Wildman–Crippen LogP) is -0.992. The van der Waals surface area contributed by atoms with E-state index in [4.69, 9.17) is 9.84 Å². The molecule has 7 nitrogen and oxygen atoms in total. The first-order valence-corrected chi connectivity index (χ1v) is 6.22. The molecule has 0 bridgehead atoms. The second kappa shape index (κ2) is 4.95. The molecule has 4 atom stereocenters. The number of ether oxygens (including phenoxy) is 1. The number of aliphatic hydroxyl groups excluding tert-OH is 3. The number of aromatic nitrogens is 2. The minimum atomic E-state index is -1.30. The average molecular weight is 278 g/mol. The van der Waals surface area contributed by atoms with Crippen LogP contribution in [0.25, 0.3) is 10.9 Å². The van der Waals surface area contributed by atoms with Crippen LogP contribution in [0.5, 0.6) is 0 Å². The van der Waals surface area contributed by atoms with Gasteiger partial charge in [-0.3, -0.25) is 9.36 Å². The second-order valence-corrected chi connectivity index (χ2v) is 4.70. The topological polar surface area (TPSA) is 105 Å². The van der Waals surface area contributed by atoms with Crippen molar-refractivity contribution in [2.45, 2.75) is 24.5 Å². The van der Waals surface area contributed by atoms with Gasteiger partial charge < -0.3 is 20.1 Å². The lowest BCUT2D eigenvalue weighted by Crippen LogP contribution is -2.35. The third kappa shape index (κ3) is 1.92. The van der Waals surface area contributed by atoms with Crippen molar-refractivity contribution < 1.29 is 20.1 Å². The van der Waals surface area contributed by atoms with E-state index < -0.39 is 31.1 Å². The largest absolute Gasteiger partial charge is 0.394 e. The molecule has 0 radical (unpaired) electrons. The number of benzene rings is 1. The van der Waals surface area contributed by atoms with E-state index in [1.807, 2.05) is 0 Å². The Labute approximate surface area is 113 Å². The fourth-order valence-corrected chi connectivity index (χ4v) is 2.37. The Balaban J connectivity index is 2.07. The smallest absolute Gasteiger partial charge is 0.263 e. The molecule has 106 valence electrons. The Morgan fingerprint density at radius 3 is 2.70 bits per heavy atom. The van der Waals surface area contributed by atoms with Gasteiger partial charge in [0.25, 0.3) is 5.56 Å². The highest BCUT2D eigenvalue weighted by molar-refractivity contribution is 5.76. The summed E-state index contributed by atoms with van der Waals surface area (Å²) in [7, 11) is 0. The zero-order valence-corrected chi connectivity index (χ0v) is 10.5. The summed E-state index contributed by atoms with van der Waals surface area (Å²) in [5.74, 6) is 0. The molecule has 1 aliphatic rings. The third-order valence-electron chi connectivity index (χ3n) is 3.48. The van der Waals surface area contributed by atoms with Crippen molar-refractivity contribution in [3.63, 3.8) is 0 Å². The fourth-order valence-electron chi connectivity index (χ4n) is 2.37. The van der Waals surface area contributed by atoms with Crippen LogP contribution in [0.1, 0.15) is 6.23 Å². The van der Waals surface area contributed by atoms with Crippen molar-refractivity contribution in [2.75, 3.05) is 6.61 Å². The molecular formula is C13H14N2O5. The highest BCUT2D eigenvalue weighted by Gasteiger charge is 2.43. The van der Waals surface area contributed by atoms with Crippen LogP contribution in [0.4, 0.5) is 0 Å². The summed E-state index contributed by atoms with van der Waals surface area (Å²) in [4.78, 5) is 16.5.